The third-order valence-corrected chi connectivity index (χ3v) is 3.53. The molecule has 3 heteroatoms. The van der Waals surface area contributed by atoms with E-state index in [-0.39, 0.29) is 6.61 Å². The van der Waals surface area contributed by atoms with Crippen LogP contribution in [0.5, 0.6) is 0 Å². The molecule has 20 heavy (non-hydrogen) atoms. The van der Waals surface area contributed by atoms with Crippen molar-refractivity contribution in [2.75, 3.05) is 6.61 Å². The molecule has 2 aromatic carbocycles. The maximum atomic E-state index is 8.85. The molecular formula is C17H18N2O. The third kappa shape index (κ3) is 2.40. The quantitative estimate of drug-likeness (QED) is 0.747. The Morgan fingerprint density at radius 2 is 1.75 bits per heavy atom. The lowest BCUT2D eigenvalue weighted by Gasteiger charge is -2.16. The summed E-state index contributed by atoms with van der Waals surface area (Å²) in [4.78, 5) is 0. The summed E-state index contributed by atoms with van der Waals surface area (Å²) in [6.07, 6.45) is 2.69. The van der Waals surface area contributed by atoms with Gasteiger partial charge in [-0.2, -0.15) is 0 Å². The van der Waals surface area contributed by atoms with E-state index >= 15 is 0 Å². The number of aryl methyl sites for hydroxylation is 1. The predicted molar refractivity (Wildman–Crippen MR) is 81.1 cm³/mol. The highest BCUT2D eigenvalue weighted by Gasteiger charge is 2.05. The van der Waals surface area contributed by atoms with Crippen LogP contribution in [0.3, 0.4) is 0 Å². The van der Waals surface area contributed by atoms with Crippen LogP contribution in [0, 0.1) is 6.92 Å². The summed E-state index contributed by atoms with van der Waals surface area (Å²) >= 11 is 0. The first-order valence-corrected chi connectivity index (χ1v) is 6.81. The van der Waals surface area contributed by atoms with Crippen molar-refractivity contribution < 1.29 is 5.11 Å². The first-order chi connectivity index (χ1) is 9.78. The number of nitrogens with one attached hydrogen (secondary N) is 1. The Bertz CT molecular complexity index is 680. The second-order valence-electron chi connectivity index (χ2n) is 4.97. The van der Waals surface area contributed by atoms with Gasteiger partial charge in [0.1, 0.15) is 0 Å². The molecule has 0 aliphatic carbocycles. The summed E-state index contributed by atoms with van der Waals surface area (Å²) in [6, 6.07) is 16.9. The van der Waals surface area contributed by atoms with E-state index in [2.05, 4.69) is 60.6 Å². The van der Waals surface area contributed by atoms with Gasteiger partial charge >= 0.3 is 0 Å². The van der Waals surface area contributed by atoms with Crippen LogP contribution in [-0.4, -0.2) is 21.5 Å². The van der Waals surface area contributed by atoms with Crippen molar-refractivity contribution in [3.63, 3.8) is 0 Å². The number of nitrogens with zero attached hydrogens (tertiary/aromatic N) is 1. The minimum absolute atomic E-state index is 0.179. The summed E-state index contributed by atoms with van der Waals surface area (Å²) in [5.41, 5.74) is 5.95. The molecule has 0 atom stereocenters. The number of benzene rings is 2. The Morgan fingerprint density at radius 1 is 1.05 bits per heavy atom. The van der Waals surface area contributed by atoms with Crippen molar-refractivity contribution in [3.8, 4) is 16.8 Å². The Morgan fingerprint density at radius 3 is 2.40 bits per heavy atom. The molecule has 3 nitrogen and oxygen atoms in total. The zero-order chi connectivity index (χ0) is 13.9. The lowest BCUT2D eigenvalue weighted by molar-refractivity contribution is 0.295. The van der Waals surface area contributed by atoms with E-state index in [0.29, 0.717) is 6.42 Å². The monoisotopic (exact) mass is 266 g/mol. The van der Waals surface area contributed by atoms with E-state index in [9.17, 15) is 0 Å². The molecule has 0 fully saturated rings. The van der Waals surface area contributed by atoms with Gasteiger partial charge in [0.15, 0.2) is 0 Å². The average Bonchev–Trinajstić information content (AvgIpc) is 2.43. The Labute approximate surface area is 118 Å². The topological polar surface area (TPSA) is 41.0 Å². The summed E-state index contributed by atoms with van der Waals surface area (Å²) in [5.74, 6) is 0. The number of aromatic nitrogens is 2. The average molecular weight is 266 g/mol. The summed E-state index contributed by atoms with van der Waals surface area (Å²) < 4.78 is 1.96. The van der Waals surface area contributed by atoms with Crippen LogP contribution in [-0.2, 0) is 6.42 Å². The van der Waals surface area contributed by atoms with E-state index in [1.807, 2.05) is 10.9 Å². The number of aliphatic hydroxyl groups excluding tert-OH is 1. The molecule has 0 bridgehead atoms. The van der Waals surface area contributed by atoms with E-state index in [4.69, 9.17) is 5.11 Å². The smallest absolute Gasteiger partial charge is 0.0624 e. The highest BCUT2D eigenvalue weighted by molar-refractivity contribution is 5.67. The zero-order valence-corrected chi connectivity index (χ0v) is 11.5. The van der Waals surface area contributed by atoms with E-state index in [1.165, 1.54) is 16.7 Å². The second kappa shape index (κ2) is 5.39. The largest absolute Gasteiger partial charge is 0.396 e. The zero-order valence-electron chi connectivity index (χ0n) is 11.5. The molecule has 0 saturated heterocycles. The van der Waals surface area contributed by atoms with Gasteiger partial charge in [-0.05, 0) is 35.7 Å². The molecule has 102 valence electrons. The fourth-order valence-corrected chi connectivity index (χ4v) is 2.38. The van der Waals surface area contributed by atoms with Crippen LogP contribution in [0.4, 0.5) is 0 Å². The maximum absolute atomic E-state index is 8.85. The highest BCUT2D eigenvalue weighted by atomic mass is 16.3. The molecule has 2 N–H and O–H groups in total. The highest BCUT2D eigenvalue weighted by Crippen LogP contribution is 2.24. The molecule has 0 spiro atoms. The van der Waals surface area contributed by atoms with Crippen LogP contribution in [0.2, 0.25) is 0 Å². The SMILES string of the molecule is Cc1ccccc1-c1ccc(-n2cc(CCO)[nH]2)cc1. The molecule has 0 saturated carbocycles. The van der Waals surface area contributed by atoms with Gasteiger partial charge in [0.05, 0.1) is 11.4 Å². The van der Waals surface area contributed by atoms with Crippen molar-refractivity contribution in [2.24, 2.45) is 0 Å². The van der Waals surface area contributed by atoms with Crippen molar-refractivity contribution in [3.05, 3.63) is 66.0 Å². The van der Waals surface area contributed by atoms with Gasteiger partial charge in [-0.25, -0.2) is 0 Å². The van der Waals surface area contributed by atoms with Gasteiger partial charge in [0.25, 0.3) is 0 Å². The molecule has 0 unspecified atom stereocenters. The molecule has 0 aliphatic rings. The van der Waals surface area contributed by atoms with E-state index in [1.54, 1.807) is 0 Å². The molecular weight excluding hydrogens is 248 g/mol. The Kier molecular flexibility index (Phi) is 3.44. The molecule has 0 aliphatic heterocycles. The lowest BCUT2D eigenvalue weighted by atomic mass is 10.0. The first-order valence-electron chi connectivity index (χ1n) is 6.81. The number of hydrogen-bond donors (Lipinski definition) is 2. The molecule has 3 aromatic rings. The fourth-order valence-electron chi connectivity index (χ4n) is 2.38. The van der Waals surface area contributed by atoms with E-state index in [0.717, 1.165) is 11.4 Å². The van der Waals surface area contributed by atoms with Crippen LogP contribution in [0.15, 0.2) is 54.7 Å². The van der Waals surface area contributed by atoms with E-state index < -0.39 is 0 Å². The van der Waals surface area contributed by atoms with Crippen LogP contribution >= 0.6 is 0 Å². The van der Waals surface area contributed by atoms with Crippen molar-refractivity contribution >= 4 is 0 Å². The van der Waals surface area contributed by atoms with Gasteiger partial charge in [-0.1, -0.05) is 36.4 Å². The lowest BCUT2D eigenvalue weighted by Crippen LogP contribution is -2.12. The number of hydrogen-bond acceptors (Lipinski definition) is 1. The first kappa shape index (κ1) is 12.8. The molecule has 0 amide bonds. The van der Waals surface area contributed by atoms with Crippen LogP contribution in [0.1, 0.15) is 11.3 Å². The minimum Gasteiger partial charge on any atom is -0.396 e. The van der Waals surface area contributed by atoms with Crippen LogP contribution in [0.25, 0.3) is 16.8 Å². The van der Waals surface area contributed by atoms with Gasteiger partial charge in [-0.15, -0.1) is 0 Å². The Hall–Kier alpha value is -2.26. The fraction of sp³-hybridized carbons (Fsp3) is 0.176. The number of rotatable bonds is 4. The minimum atomic E-state index is 0.179. The van der Waals surface area contributed by atoms with Gasteiger partial charge in [-0.3, -0.25) is 9.78 Å². The predicted octanol–water partition coefficient (Wildman–Crippen LogP) is 3.32. The number of H-pyrrole nitrogens is 1. The Balaban J connectivity index is 1.83. The third-order valence-electron chi connectivity index (χ3n) is 3.53. The molecule has 0 radical (unpaired) electrons. The van der Waals surface area contributed by atoms with Crippen molar-refractivity contribution in [2.45, 2.75) is 13.3 Å². The molecule has 1 aromatic heterocycles. The second-order valence-corrected chi connectivity index (χ2v) is 4.97. The summed E-state index contributed by atoms with van der Waals surface area (Å²) in [5, 5.41) is 12.0. The molecule has 1 heterocycles. The normalized spacial score (nSPS) is 10.9. The number of aliphatic hydroxyl groups is 1. The van der Waals surface area contributed by atoms with Crippen LogP contribution < -0.4 is 0 Å². The van der Waals surface area contributed by atoms with Crippen molar-refractivity contribution in [1.82, 2.24) is 9.78 Å². The summed E-state index contributed by atoms with van der Waals surface area (Å²) in [6.45, 7) is 2.31. The van der Waals surface area contributed by atoms with Gasteiger partial charge in [0, 0.05) is 19.2 Å². The molecule has 3 rings (SSSR count). The standard InChI is InChI=1S/C17H18N2O/c1-13-4-2-3-5-17(13)14-6-8-16(9-7-14)19-12-15(18-19)10-11-20/h2-9,12,18,20H,10-11H2,1H3. The number of aromatic amines is 1. The van der Waals surface area contributed by atoms with Crippen molar-refractivity contribution in [1.29, 1.82) is 0 Å². The van der Waals surface area contributed by atoms with Gasteiger partial charge in [0.2, 0.25) is 0 Å². The maximum Gasteiger partial charge on any atom is 0.0624 e. The van der Waals surface area contributed by atoms with Gasteiger partial charge < -0.3 is 5.11 Å². The summed E-state index contributed by atoms with van der Waals surface area (Å²) in [7, 11) is 0.